The first kappa shape index (κ1) is 69.8. The van der Waals surface area contributed by atoms with E-state index in [-0.39, 0.29) is 6.92 Å². The summed E-state index contributed by atoms with van der Waals surface area (Å²) in [6.45, 7) is 42.2. The van der Waals surface area contributed by atoms with Gasteiger partial charge in [0.15, 0.2) is 0 Å². The zero-order valence-corrected chi connectivity index (χ0v) is 34.9. The highest BCUT2D eigenvalue weighted by Gasteiger charge is 2.15. The normalized spacial score (nSPS) is 8.50. The van der Waals surface area contributed by atoms with Crippen LogP contribution in [0.1, 0.15) is 216 Å². The maximum Gasteiger partial charge on any atom is 0.386 e. The molecular weight excluding hydrogens is 555 g/mol. The monoisotopic (exact) mass is 648 g/mol. The van der Waals surface area contributed by atoms with E-state index in [1.807, 2.05) is 19.9 Å². The number of nitrogens with zero attached hydrogens (tertiary/aromatic N) is 1. The predicted octanol–water partition coefficient (Wildman–Crippen LogP) is 16.5. The van der Waals surface area contributed by atoms with E-state index < -0.39 is 6.18 Å². The minimum absolute atomic E-state index is 0.188. The summed E-state index contributed by atoms with van der Waals surface area (Å²) in [6.07, 6.45) is 11.1. The molecule has 0 aromatic heterocycles. The van der Waals surface area contributed by atoms with Crippen molar-refractivity contribution >= 4 is 0 Å². The van der Waals surface area contributed by atoms with Gasteiger partial charge in [0.1, 0.15) is 0 Å². The summed E-state index contributed by atoms with van der Waals surface area (Å²) >= 11 is 0. The summed E-state index contributed by atoms with van der Waals surface area (Å²) in [4.78, 5) is 0. The Labute approximate surface area is 282 Å². The van der Waals surface area contributed by atoms with Crippen molar-refractivity contribution in [1.82, 2.24) is 0 Å². The largest absolute Gasteiger partial charge is 0.386 e. The number of halogens is 3. The van der Waals surface area contributed by atoms with Crippen LogP contribution in [0.25, 0.3) is 0 Å². The molecule has 0 amide bonds. The maximum atomic E-state index is 10.4. The van der Waals surface area contributed by atoms with Gasteiger partial charge >= 0.3 is 6.18 Å². The van der Waals surface area contributed by atoms with Gasteiger partial charge in [-0.25, -0.2) is 0 Å². The highest BCUT2D eigenvalue weighted by Crippen LogP contribution is 2.10. The van der Waals surface area contributed by atoms with Crippen LogP contribution in [0.3, 0.4) is 0 Å². The third kappa shape index (κ3) is 529. The van der Waals surface area contributed by atoms with Crippen LogP contribution in [-0.2, 0) is 4.74 Å². The van der Waals surface area contributed by atoms with Crippen LogP contribution in [0.2, 0.25) is 0 Å². The molecule has 0 aliphatic rings. The van der Waals surface area contributed by atoms with Gasteiger partial charge in [0.25, 0.3) is 0 Å². The zero-order valence-electron chi connectivity index (χ0n) is 34.9. The van der Waals surface area contributed by atoms with E-state index in [2.05, 4.69) is 122 Å². The second-order valence-electron chi connectivity index (χ2n) is 11.3. The van der Waals surface area contributed by atoms with Gasteiger partial charge in [0.05, 0.1) is 6.07 Å². The molecule has 0 unspecified atom stereocenters. The number of ether oxygens (including phenoxy) is 1. The number of unbranched alkanes of at least 4 members (excludes halogenated alkanes) is 4. The van der Waals surface area contributed by atoms with Crippen LogP contribution >= 0.6 is 0 Å². The van der Waals surface area contributed by atoms with Crippen molar-refractivity contribution in [2.45, 2.75) is 222 Å². The van der Waals surface area contributed by atoms with Crippen molar-refractivity contribution in [1.29, 1.82) is 5.26 Å². The van der Waals surface area contributed by atoms with Crippen molar-refractivity contribution in [2.24, 2.45) is 17.8 Å². The number of hydrogen-bond donors (Lipinski definition) is 0. The molecule has 0 aliphatic heterocycles. The van der Waals surface area contributed by atoms with Crippen LogP contribution in [0.4, 0.5) is 13.2 Å². The molecule has 0 bridgehead atoms. The molecule has 0 N–H and O–H groups in total. The Morgan fingerprint density at radius 2 is 0.591 bits per heavy atom. The Kier molecular flexibility index (Phi) is 133. The fraction of sp³-hybridized carbons (Fsp3) is 0.974. The van der Waals surface area contributed by atoms with Gasteiger partial charge in [0.2, 0.25) is 0 Å². The Morgan fingerprint density at radius 3 is 0.591 bits per heavy atom. The standard InChI is InChI=1S/3C5H12.4C4H10.C3H5N.C3H8O.C2H3F3/c3*1-4-5(2)3;4*1-3-4-2;1-2-3-4;1-3-4-2;1-2(3,4)5/h3*5H,4H2,1-3H3;4*3-4H2,1-2H3;2H2,1H3;3H2,1-2H3;1H3. The van der Waals surface area contributed by atoms with Crippen LogP contribution in [0, 0.1) is 29.1 Å². The smallest absolute Gasteiger partial charge is 0.385 e. The lowest BCUT2D eigenvalue weighted by Crippen LogP contribution is -1.95. The molecule has 280 valence electrons. The van der Waals surface area contributed by atoms with Crippen molar-refractivity contribution < 1.29 is 17.9 Å². The molecule has 0 rings (SSSR count). The number of alkyl halides is 3. The van der Waals surface area contributed by atoms with E-state index in [0.29, 0.717) is 6.42 Å². The molecule has 44 heavy (non-hydrogen) atoms. The van der Waals surface area contributed by atoms with Crippen LogP contribution in [-0.4, -0.2) is 19.9 Å². The molecule has 0 fully saturated rings. The first-order valence-corrected chi connectivity index (χ1v) is 18.2. The van der Waals surface area contributed by atoms with E-state index in [4.69, 9.17) is 5.26 Å². The lowest BCUT2D eigenvalue weighted by Gasteiger charge is -1.90. The third-order valence-electron chi connectivity index (χ3n) is 4.90. The van der Waals surface area contributed by atoms with Crippen LogP contribution in [0.5, 0.6) is 0 Å². The maximum absolute atomic E-state index is 10.4. The van der Waals surface area contributed by atoms with Gasteiger partial charge in [-0.15, -0.1) is 0 Å². The molecule has 0 aliphatic carbocycles. The fourth-order valence-corrected chi connectivity index (χ4v) is 0. The Morgan fingerprint density at radius 1 is 0.500 bits per heavy atom. The molecule has 0 radical (unpaired) electrons. The van der Waals surface area contributed by atoms with Gasteiger partial charge in [-0.05, 0) is 24.7 Å². The average molecular weight is 648 g/mol. The van der Waals surface area contributed by atoms with E-state index in [1.54, 1.807) is 7.11 Å². The lowest BCUT2D eigenvalue weighted by atomic mass is 10.2. The minimum Gasteiger partial charge on any atom is -0.385 e. The fourth-order valence-electron chi connectivity index (χ4n) is 0. The molecular formula is C39H92F3NO. The summed E-state index contributed by atoms with van der Waals surface area (Å²) < 4.78 is 35.6. The van der Waals surface area contributed by atoms with Gasteiger partial charge in [-0.2, -0.15) is 18.4 Å². The summed E-state index contributed by atoms with van der Waals surface area (Å²) in [5, 5.41) is 7.62. The van der Waals surface area contributed by atoms with Gasteiger partial charge in [-0.1, -0.05) is 195 Å². The highest BCUT2D eigenvalue weighted by molar-refractivity contribution is 4.62. The molecule has 5 heteroatoms. The second-order valence-corrected chi connectivity index (χ2v) is 11.3. The highest BCUT2D eigenvalue weighted by atomic mass is 19.4. The first-order valence-electron chi connectivity index (χ1n) is 18.2. The van der Waals surface area contributed by atoms with Gasteiger partial charge < -0.3 is 4.74 Å². The van der Waals surface area contributed by atoms with Crippen LogP contribution < -0.4 is 0 Å². The molecule has 0 saturated heterocycles. The Bertz CT molecular complexity index is 305. The summed E-state index contributed by atoms with van der Waals surface area (Å²) in [7, 11) is 1.68. The lowest BCUT2D eigenvalue weighted by molar-refractivity contribution is -0.110. The van der Waals surface area contributed by atoms with Crippen molar-refractivity contribution in [3.8, 4) is 6.07 Å². The van der Waals surface area contributed by atoms with E-state index in [9.17, 15) is 13.2 Å². The summed E-state index contributed by atoms with van der Waals surface area (Å²) in [5.74, 6) is 2.65. The number of hydrogen-bond acceptors (Lipinski definition) is 2. The number of nitriles is 1. The molecule has 0 spiro atoms. The first-order chi connectivity index (χ1) is 20.3. The third-order valence-corrected chi connectivity index (χ3v) is 4.90. The van der Waals surface area contributed by atoms with Crippen molar-refractivity contribution in [3.63, 3.8) is 0 Å². The van der Waals surface area contributed by atoms with Crippen molar-refractivity contribution in [3.05, 3.63) is 0 Å². The van der Waals surface area contributed by atoms with E-state index in [0.717, 1.165) is 24.4 Å². The predicted molar refractivity (Wildman–Crippen MR) is 203 cm³/mol. The second kappa shape index (κ2) is 84.0. The number of rotatable bonds is 8. The summed E-state index contributed by atoms with van der Waals surface area (Å²) in [5.41, 5.74) is 0. The Balaban J connectivity index is -0.0000000366. The molecule has 0 aromatic rings. The van der Waals surface area contributed by atoms with Gasteiger partial charge in [0, 0.05) is 27.1 Å². The topological polar surface area (TPSA) is 33.0 Å². The van der Waals surface area contributed by atoms with E-state index >= 15 is 0 Å². The molecule has 0 aromatic carbocycles. The molecule has 0 saturated carbocycles. The van der Waals surface area contributed by atoms with Gasteiger partial charge in [-0.3, -0.25) is 0 Å². The SMILES string of the molecule is CC(F)(F)F.CCC#N.CCC(C)C.CCC(C)C.CCC(C)C.CCCC.CCCC.CCCC.CCCC.CCOC. The van der Waals surface area contributed by atoms with E-state index in [1.165, 1.54) is 70.6 Å². The quantitative estimate of drug-likeness (QED) is 0.263. The summed E-state index contributed by atoms with van der Waals surface area (Å²) in [6, 6.07) is 1.93. The molecule has 2 nitrogen and oxygen atoms in total. The molecule has 0 heterocycles. The minimum atomic E-state index is -4.00. The molecule has 0 atom stereocenters. The Hall–Kier alpha value is -0.760. The average Bonchev–Trinajstić information content (AvgIpc) is 3.01. The zero-order chi connectivity index (χ0) is 37.8. The van der Waals surface area contributed by atoms with Crippen LogP contribution in [0.15, 0.2) is 0 Å². The van der Waals surface area contributed by atoms with Crippen molar-refractivity contribution in [2.75, 3.05) is 13.7 Å². The number of methoxy groups -OCH3 is 1.